The molecule has 1 aromatic heterocycles. The van der Waals surface area contributed by atoms with Crippen LogP contribution in [0.1, 0.15) is 25.8 Å². The van der Waals surface area contributed by atoms with Gasteiger partial charge in [0, 0.05) is 25.5 Å². The largest absolute Gasteiger partial charge is 0.338 e. The molecule has 0 spiro atoms. The highest BCUT2D eigenvalue weighted by Crippen LogP contribution is 2.64. The number of alkyl halides is 2. The number of aromatic nitrogens is 1. The van der Waals surface area contributed by atoms with Gasteiger partial charge in [-0.15, -0.1) is 23.2 Å². The van der Waals surface area contributed by atoms with Gasteiger partial charge < -0.3 is 4.90 Å². The second-order valence-corrected chi connectivity index (χ2v) is 6.37. The Morgan fingerprint density at radius 2 is 2.00 bits per heavy atom. The van der Waals surface area contributed by atoms with Gasteiger partial charge in [0.25, 0.3) is 0 Å². The Bertz CT molecular complexity index is 450. The first kappa shape index (κ1) is 13.6. The summed E-state index contributed by atoms with van der Waals surface area (Å²) in [5, 5.41) is 0. The third-order valence-corrected chi connectivity index (χ3v) is 4.62. The molecule has 18 heavy (non-hydrogen) atoms. The van der Waals surface area contributed by atoms with E-state index in [1.54, 1.807) is 17.3 Å². The van der Waals surface area contributed by atoms with Crippen molar-refractivity contribution in [1.29, 1.82) is 0 Å². The predicted molar refractivity (Wildman–Crippen MR) is 72.5 cm³/mol. The van der Waals surface area contributed by atoms with Crippen LogP contribution in [0.5, 0.6) is 0 Å². The molecule has 1 heterocycles. The van der Waals surface area contributed by atoms with Gasteiger partial charge in [0.15, 0.2) is 0 Å². The summed E-state index contributed by atoms with van der Waals surface area (Å²) in [7, 11) is 0. The van der Waals surface area contributed by atoms with E-state index in [9.17, 15) is 4.79 Å². The minimum atomic E-state index is -0.907. The van der Waals surface area contributed by atoms with Gasteiger partial charge in [0.1, 0.15) is 4.33 Å². The van der Waals surface area contributed by atoms with E-state index in [4.69, 9.17) is 23.2 Å². The first-order valence-corrected chi connectivity index (χ1v) is 6.72. The van der Waals surface area contributed by atoms with Crippen LogP contribution in [-0.2, 0) is 11.3 Å². The van der Waals surface area contributed by atoms with Gasteiger partial charge in [-0.1, -0.05) is 0 Å². The zero-order chi connectivity index (χ0) is 13.4. The van der Waals surface area contributed by atoms with Crippen LogP contribution in [0.15, 0.2) is 24.5 Å². The quantitative estimate of drug-likeness (QED) is 0.798. The monoisotopic (exact) mass is 286 g/mol. The van der Waals surface area contributed by atoms with Gasteiger partial charge in [-0.2, -0.15) is 0 Å². The summed E-state index contributed by atoms with van der Waals surface area (Å²) in [6, 6.07) is 3.81. The van der Waals surface area contributed by atoms with Crippen LogP contribution in [0.4, 0.5) is 0 Å². The van der Waals surface area contributed by atoms with Crippen LogP contribution in [0.25, 0.3) is 0 Å². The van der Waals surface area contributed by atoms with Crippen LogP contribution in [0, 0.1) is 5.41 Å². The van der Waals surface area contributed by atoms with Crippen molar-refractivity contribution in [3.8, 4) is 0 Å². The van der Waals surface area contributed by atoms with E-state index in [-0.39, 0.29) is 5.91 Å². The normalized spacial score (nSPS) is 24.7. The lowest BCUT2D eigenvalue weighted by Crippen LogP contribution is -2.37. The van der Waals surface area contributed by atoms with E-state index in [0.717, 1.165) is 5.56 Å². The highest BCUT2D eigenvalue weighted by atomic mass is 35.5. The third kappa shape index (κ3) is 2.34. The van der Waals surface area contributed by atoms with Gasteiger partial charge in [0.05, 0.1) is 5.41 Å². The fourth-order valence-corrected chi connectivity index (χ4v) is 2.71. The zero-order valence-electron chi connectivity index (χ0n) is 10.5. The Morgan fingerprint density at radius 3 is 2.44 bits per heavy atom. The maximum Gasteiger partial charge on any atom is 0.231 e. The number of hydrogen-bond donors (Lipinski definition) is 0. The van der Waals surface area contributed by atoms with Gasteiger partial charge >= 0.3 is 0 Å². The molecule has 2 rings (SSSR count). The topological polar surface area (TPSA) is 33.2 Å². The second kappa shape index (κ2) is 4.71. The van der Waals surface area contributed by atoms with E-state index < -0.39 is 9.75 Å². The van der Waals surface area contributed by atoms with Crippen molar-refractivity contribution in [3.63, 3.8) is 0 Å². The fourth-order valence-electron chi connectivity index (χ4n) is 2.02. The number of amides is 1. The zero-order valence-corrected chi connectivity index (χ0v) is 12.0. The Labute approximate surface area is 117 Å². The molecule has 0 bridgehead atoms. The maximum atomic E-state index is 12.4. The molecule has 98 valence electrons. The molecule has 0 N–H and O–H groups in total. The van der Waals surface area contributed by atoms with Gasteiger partial charge in [-0.3, -0.25) is 9.78 Å². The summed E-state index contributed by atoms with van der Waals surface area (Å²) in [5.74, 6) is 0.0202. The molecule has 3 nitrogen and oxygen atoms in total. The summed E-state index contributed by atoms with van der Waals surface area (Å²) in [4.78, 5) is 18.2. The van der Waals surface area contributed by atoms with Crippen LogP contribution >= 0.6 is 23.2 Å². The van der Waals surface area contributed by atoms with Crippen LogP contribution in [-0.4, -0.2) is 26.7 Å². The minimum absolute atomic E-state index is 0.0202. The Kier molecular flexibility index (Phi) is 3.56. The molecular formula is C13H16Cl2N2O. The van der Waals surface area contributed by atoms with Crippen molar-refractivity contribution in [2.24, 2.45) is 5.41 Å². The first-order chi connectivity index (χ1) is 8.40. The molecule has 1 atom stereocenters. The molecule has 0 aliphatic heterocycles. The number of carbonyl (C=O) groups is 1. The number of hydrogen-bond acceptors (Lipinski definition) is 2. The molecule has 0 radical (unpaired) electrons. The number of nitrogens with zero attached hydrogens (tertiary/aromatic N) is 2. The molecular weight excluding hydrogens is 271 g/mol. The summed E-state index contributed by atoms with van der Waals surface area (Å²) in [5.41, 5.74) is 0.415. The number of pyridine rings is 1. The Hall–Kier alpha value is -0.800. The van der Waals surface area contributed by atoms with Crippen molar-refractivity contribution in [2.45, 2.75) is 31.1 Å². The first-order valence-electron chi connectivity index (χ1n) is 5.97. The van der Waals surface area contributed by atoms with Crippen LogP contribution in [0.3, 0.4) is 0 Å². The van der Waals surface area contributed by atoms with Crippen molar-refractivity contribution >= 4 is 29.1 Å². The predicted octanol–water partition coefficient (Wildman–Crippen LogP) is 3.01. The van der Waals surface area contributed by atoms with E-state index in [1.165, 1.54) is 0 Å². The average molecular weight is 287 g/mol. The summed E-state index contributed by atoms with van der Waals surface area (Å²) < 4.78 is -0.907. The number of halogens is 2. The van der Waals surface area contributed by atoms with E-state index in [0.29, 0.717) is 19.5 Å². The lowest BCUT2D eigenvalue weighted by Gasteiger charge is -2.25. The molecule has 1 amide bonds. The number of carbonyl (C=O) groups excluding carboxylic acids is 1. The smallest absolute Gasteiger partial charge is 0.231 e. The molecule has 1 aromatic rings. The highest BCUT2D eigenvalue weighted by molar-refractivity contribution is 6.53. The lowest BCUT2D eigenvalue weighted by atomic mass is 10.1. The molecule has 1 aliphatic carbocycles. The molecule has 0 saturated heterocycles. The number of rotatable bonds is 4. The average Bonchev–Trinajstić information content (AvgIpc) is 2.87. The van der Waals surface area contributed by atoms with Crippen molar-refractivity contribution in [1.82, 2.24) is 9.88 Å². The molecule has 1 aliphatic rings. The van der Waals surface area contributed by atoms with E-state index in [2.05, 4.69) is 4.98 Å². The second-order valence-electron chi connectivity index (χ2n) is 4.89. The van der Waals surface area contributed by atoms with Gasteiger partial charge in [0.2, 0.25) is 5.91 Å². The Balaban J connectivity index is 2.09. The van der Waals surface area contributed by atoms with E-state index in [1.807, 2.05) is 26.0 Å². The van der Waals surface area contributed by atoms with Gasteiger partial charge in [-0.25, -0.2) is 0 Å². The highest BCUT2D eigenvalue weighted by Gasteiger charge is 2.68. The summed E-state index contributed by atoms with van der Waals surface area (Å²) in [6.07, 6.45) is 3.97. The van der Waals surface area contributed by atoms with E-state index >= 15 is 0 Å². The van der Waals surface area contributed by atoms with Crippen LogP contribution in [0.2, 0.25) is 0 Å². The maximum absolute atomic E-state index is 12.4. The van der Waals surface area contributed by atoms with Crippen LogP contribution < -0.4 is 0 Å². The summed E-state index contributed by atoms with van der Waals surface area (Å²) >= 11 is 12.1. The molecule has 0 aromatic carbocycles. The summed E-state index contributed by atoms with van der Waals surface area (Å²) in [6.45, 7) is 4.98. The molecule has 1 fully saturated rings. The van der Waals surface area contributed by atoms with Gasteiger partial charge in [-0.05, 0) is 38.0 Å². The SMILES string of the molecule is CCN(Cc1ccncc1)C(=O)[C@@]1(C)CC1(Cl)Cl. The standard InChI is InChI=1S/C13H16Cl2N2O/c1-3-17(8-10-4-6-16-7-5-10)11(18)12(2)9-13(12,14)15/h4-7H,3,8-9H2,1-2H3/t12-/m1/s1. The van der Waals surface area contributed by atoms with Crippen molar-refractivity contribution < 1.29 is 4.79 Å². The lowest BCUT2D eigenvalue weighted by molar-refractivity contribution is -0.136. The van der Waals surface area contributed by atoms with Crippen molar-refractivity contribution in [2.75, 3.05) is 6.54 Å². The third-order valence-electron chi connectivity index (χ3n) is 3.52. The fraction of sp³-hybridized carbons (Fsp3) is 0.538. The van der Waals surface area contributed by atoms with Crippen molar-refractivity contribution in [3.05, 3.63) is 30.1 Å². The molecule has 5 heteroatoms. The Morgan fingerprint density at radius 1 is 1.44 bits per heavy atom. The molecule has 1 saturated carbocycles. The molecule has 0 unspecified atom stereocenters. The minimum Gasteiger partial charge on any atom is -0.338 e.